The SMILES string of the molecule is CCC(C)NC(=O)c1cccc(CNC(=NC)N(C)Cc2ncc(-c3ccccc3)[nH]2)c1. The van der Waals surface area contributed by atoms with E-state index in [1.807, 2.05) is 67.5 Å². The number of rotatable bonds is 8. The molecule has 3 aromatic rings. The maximum Gasteiger partial charge on any atom is 0.251 e. The van der Waals surface area contributed by atoms with Gasteiger partial charge in [-0.05, 0) is 36.6 Å². The van der Waals surface area contributed by atoms with Crippen molar-refractivity contribution in [2.45, 2.75) is 39.4 Å². The Labute approximate surface area is 190 Å². The molecule has 1 atom stereocenters. The Hall–Kier alpha value is -3.61. The monoisotopic (exact) mass is 432 g/mol. The Kier molecular flexibility index (Phi) is 8.02. The number of carbonyl (C=O) groups is 1. The molecule has 0 radical (unpaired) electrons. The zero-order valence-corrected chi connectivity index (χ0v) is 19.2. The second-order valence-electron chi connectivity index (χ2n) is 7.85. The van der Waals surface area contributed by atoms with Gasteiger partial charge in [0.1, 0.15) is 5.82 Å². The van der Waals surface area contributed by atoms with Gasteiger partial charge in [0.2, 0.25) is 0 Å². The Morgan fingerprint density at radius 3 is 2.69 bits per heavy atom. The molecule has 7 nitrogen and oxygen atoms in total. The van der Waals surface area contributed by atoms with Crippen LogP contribution in [0.2, 0.25) is 0 Å². The molecule has 0 spiro atoms. The summed E-state index contributed by atoms with van der Waals surface area (Å²) < 4.78 is 0. The molecule has 0 fully saturated rings. The van der Waals surface area contributed by atoms with E-state index in [0.29, 0.717) is 18.7 Å². The molecule has 7 heteroatoms. The van der Waals surface area contributed by atoms with Crippen LogP contribution in [-0.2, 0) is 13.1 Å². The highest BCUT2D eigenvalue weighted by Gasteiger charge is 2.12. The normalized spacial score (nSPS) is 12.3. The van der Waals surface area contributed by atoms with Crippen LogP contribution in [0.3, 0.4) is 0 Å². The minimum Gasteiger partial charge on any atom is -0.352 e. The van der Waals surface area contributed by atoms with Crippen molar-refractivity contribution in [2.75, 3.05) is 14.1 Å². The fraction of sp³-hybridized carbons (Fsp3) is 0.320. The number of H-pyrrole nitrogens is 1. The van der Waals surface area contributed by atoms with Gasteiger partial charge in [0, 0.05) is 32.2 Å². The molecule has 32 heavy (non-hydrogen) atoms. The predicted octanol–water partition coefficient (Wildman–Crippen LogP) is 3.81. The van der Waals surface area contributed by atoms with E-state index in [-0.39, 0.29) is 11.9 Å². The standard InChI is InChI=1S/C25H32N6O/c1-5-18(2)29-24(32)21-13-9-10-19(14-21)15-28-25(26-3)31(4)17-23-27-16-22(30-23)20-11-7-6-8-12-20/h6-14,16,18H,5,15,17H2,1-4H3,(H,26,28)(H,27,30)(H,29,32). The van der Waals surface area contributed by atoms with Gasteiger partial charge in [0.15, 0.2) is 5.96 Å². The van der Waals surface area contributed by atoms with E-state index in [1.165, 1.54) is 0 Å². The van der Waals surface area contributed by atoms with Crippen LogP contribution in [0.5, 0.6) is 0 Å². The second-order valence-corrected chi connectivity index (χ2v) is 7.85. The quantitative estimate of drug-likeness (QED) is 0.373. The van der Waals surface area contributed by atoms with Gasteiger partial charge in [-0.15, -0.1) is 0 Å². The molecule has 1 amide bonds. The number of imidazole rings is 1. The molecule has 0 saturated carbocycles. The lowest BCUT2D eigenvalue weighted by atomic mass is 10.1. The maximum atomic E-state index is 12.4. The van der Waals surface area contributed by atoms with E-state index in [0.717, 1.165) is 35.0 Å². The molecule has 0 bridgehead atoms. The number of hydrogen-bond acceptors (Lipinski definition) is 3. The van der Waals surface area contributed by atoms with E-state index in [4.69, 9.17) is 0 Å². The van der Waals surface area contributed by atoms with Crippen LogP contribution in [0.25, 0.3) is 11.3 Å². The number of aliphatic imine (C=N–C) groups is 1. The summed E-state index contributed by atoms with van der Waals surface area (Å²) in [6.07, 6.45) is 2.75. The minimum absolute atomic E-state index is 0.0465. The van der Waals surface area contributed by atoms with Gasteiger partial charge in [-0.25, -0.2) is 4.98 Å². The fourth-order valence-corrected chi connectivity index (χ4v) is 3.30. The first-order valence-electron chi connectivity index (χ1n) is 10.9. The van der Waals surface area contributed by atoms with Crippen molar-refractivity contribution in [3.8, 4) is 11.3 Å². The molecule has 0 saturated heterocycles. The van der Waals surface area contributed by atoms with E-state index < -0.39 is 0 Å². The number of aromatic nitrogens is 2. The zero-order chi connectivity index (χ0) is 22.9. The van der Waals surface area contributed by atoms with E-state index in [2.05, 4.69) is 44.7 Å². The molecule has 2 aromatic carbocycles. The molecule has 0 aliphatic rings. The van der Waals surface area contributed by atoms with Gasteiger partial charge in [-0.2, -0.15) is 0 Å². The van der Waals surface area contributed by atoms with Crippen LogP contribution in [0.4, 0.5) is 0 Å². The highest BCUT2D eigenvalue weighted by Crippen LogP contribution is 2.16. The van der Waals surface area contributed by atoms with Crippen molar-refractivity contribution in [1.29, 1.82) is 0 Å². The average molecular weight is 433 g/mol. The number of carbonyl (C=O) groups excluding carboxylic acids is 1. The summed E-state index contributed by atoms with van der Waals surface area (Å²) in [4.78, 5) is 26.7. The van der Waals surface area contributed by atoms with Crippen LogP contribution < -0.4 is 10.6 Å². The Bertz CT molecular complexity index is 1040. The Morgan fingerprint density at radius 1 is 1.19 bits per heavy atom. The third kappa shape index (κ3) is 6.20. The Morgan fingerprint density at radius 2 is 1.97 bits per heavy atom. The van der Waals surface area contributed by atoms with Crippen molar-refractivity contribution in [3.63, 3.8) is 0 Å². The largest absolute Gasteiger partial charge is 0.352 e. The lowest BCUT2D eigenvalue weighted by Gasteiger charge is -2.21. The predicted molar refractivity (Wildman–Crippen MR) is 129 cm³/mol. The molecule has 0 aliphatic carbocycles. The van der Waals surface area contributed by atoms with Crippen LogP contribution in [-0.4, -0.2) is 46.9 Å². The summed E-state index contributed by atoms with van der Waals surface area (Å²) in [5.74, 6) is 1.56. The first-order valence-corrected chi connectivity index (χ1v) is 10.9. The number of amides is 1. The summed E-state index contributed by atoms with van der Waals surface area (Å²) in [5.41, 5.74) is 3.77. The number of aromatic amines is 1. The molecular formula is C25H32N6O. The molecule has 3 rings (SSSR count). The van der Waals surface area contributed by atoms with Crippen molar-refractivity contribution in [3.05, 3.63) is 77.7 Å². The molecule has 168 valence electrons. The van der Waals surface area contributed by atoms with Crippen molar-refractivity contribution in [2.24, 2.45) is 4.99 Å². The summed E-state index contributed by atoms with van der Waals surface area (Å²) in [7, 11) is 3.72. The number of benzene rings is 2. The van der Waals surface area contributed by atoms with Gasteiger partial charge >= 0.3 is 0 Å². The number of nitrogens with zero attached hydrogens (tertiary/aromatic N) is 3. The van der Waals surface area contributed by atoms with Gasteiger partial charge in [-0.1, -0.05) is 49.4 Å². The molecule has 1 unspecified atom stereocenters. The van der Waals surface area contributed by atoms with Gasteiger partial charge < -0.3 is 20.5 Å². The highest BCUT2D eigenvalue weighted by molar-refractivity contribution is 5.94. The first kappa shape index (κ1) is 23.1. The Balaban J connectivity index is 1.58. The third-order valence-corrected chi connectivity index (χ3v) is 5.30. The fourth-order valence-electron chi connectivity index (χ4n) is 3.30. The average Bonchev–Trinajstić information content (AvgIpc) is 3.28. The summed E-state index contributed by atoms with van der Waals surface area (Å²) in [6.45, 7) is 5.21. The van der Waals surface area contributed by atoms with E-state index in [9.17, 15) is 4.79 Å². The van der Waals surface area contributed by atoms with E-state index in [1.54, 1.807) is 7.05 Å². The second kappa shape index (κ2) is 11.1. The number of nitrogens with one attached hydrogen (secondary N) is 3. The molecule has 1 aromatic heterocycles. The highest BCUT2D eigenvalue weighted by atomic mass is 16.1. The molecular weight excluding hydrogens is 400 g/mol. The topological polar surface area (TPSA) is 85.4 Å². The van der Waals surface area contributed by atoms with Gasteiger partial charge in [0.25, 0.3) is 5.91 Å². The summed E-state index contributed by atoms with van der Waals surface area (Å²) in [6, 6.07) is 17.9. The maximum absolute atomic E-state index is 12.4. The van der Waals surface area contributed by atoms with E-state index >= 15 is 0 Å². The molecule has 1 heterocycles. The van der Waals surface area contributed by atoms with Crippen LogP contribution >= 0.6 is 0 Å². The lowest BCUT2D eigenvalue weighted by molar-refractivity contribution is 0.0939. The zero-order valence-electron chi connectivity index (χ0n) is 19.2. The molecule has 0 aliphatic heterocycles. The number of guanidine groups is 1. The third-order valence-electron chi connectivity index (χ3n) is 5.30. The van der Waals surface area contributed by atoms with Gasteiger partial charge in [0.05, 0.1) is 18.4 Å². The summed E-state index contributed by atoms with van der Waals surface area (Å²) >= 11 is 0. The van der Waals surface area contributed by atoms with Crippen molar-refractivity contribution < 1.29 is 4.79 Å². The van der Waals surface area contributed by atoms with Crippen LogP contribution in [0.15, 0.2) is 65.8 Å². The summed E-state index contributed by atoms with van der Waals surface area (Å²) in [5, 5.41) is 6.37. The molecule has 3 N–H and O–H groups in total. The number of hydrogen-bond donors (Lipinski definition) is 3. The van der Waals surface area contributed by atoms with Crippen molar-refractivity contribution >= 4 is 11.9 Å². The van der Waals surface area contributed by atoms with Crippen molar-refractivity contribution in [1.82, 2.24) is 25.5 Å². The first-order chi connectivity index (χ1) is 15.5. The van der Waals surface area contributed by atoms with Crippen LogP contribution in [0.1, 0.15) is 42.0 Å². The van der Waals surface area contributed by atoms with Crippen LogP contribution in [0, 0.1) is 0 Å². The minimum atomic E-state index is -0.0465. The lowest BCUT2D eigenvalue weighted by Crippen LogP contribution is -2.38. The van der Waals surface area contributed by atoms with Gasteiger partial charge in [-0.3, -0.25) is 9.79 Å². The smallest absolute Gasteiger partial charge is 0.251 e.